The van der Waals surface area contributed by atoms with Crippen LogP contribution in [0.4, 0.5) is 5.69 Å². The zero-order valence-corrected chi connectivity index (χ0v) is 20.8. The van der Waals surface area contributed by atoms with E-state index < -0.39 is 0 Å². The summed E-state index contributed by atoms with van der Waals surface area (Å²) in [4.78, 5) is 17.4. The third-order valence-electron chi connectivity index (χ3n) is 5.50. The SMILES string of the molecule is C=CCn1c(SCC(=O)Nc2cccc(Cl)c2)nnc1-c1cc(-c2ccccc2)nc2ccccc12. The van der Waals surface area contributed by atoms with Crippen molar-refractivity contribution in [2.75, 3.05) is 11.1 Å². The molecule has 0 saturated carbocycles. The second-order valence-electron chi connectivity index (χ2n) is 7.99. The van der Waals surface area contributed by atoms with Gasteiger partial charge in [-0.1, -0.05) is 84.0 Å². The van der Waals surface area contributed by atoms with Crippen LogP contribution < -0.4 is 5.32 Å². The molecule has 178 valence electrons. The van der Waals surface area contributed by atoms with Crippen molar-refractivity contribution >= 4 is 45.9 Å². The molecule has 36 heavy (non-hydrogen) atoms. The van der Waals surface area contributed by atoms with Crippen molar-refractivity contribution in [2.45, 2.75) is 11.7 Å². The number of nitrogens with one attached hydrogen (secondary N) is 1. The molecule has 8 heteroatoms. The number of carbonyl (C=O) groups is 1. The number of hydrogen-bond donors (Lipinski definition) is 1. The number of amides is 1. The van der Waals surface area contributed by atoms with E-state index >= 15 is 0 Å². The van der Waals surface area contributed by atoms with Crippen LogP contribution in [0.2, 0.25) is 5.02 Å². The Balaban J connectivity index is 1.48. The van der Waals surface area contributed by atoms with E-state index in [2.05, 4.69) is 22.1 Å². The summed E-state index contributed by atoms with van der Waals surface area (Å²) in [7, 11) is 0. The fourth-order valence-electron chi connectivity index (χ4n) is 3.90. The first-order valence-corrected chi connectivity index (χ1v) is 12.7. The topological polar surface area (TPSA) is 72.7 Å². The zero-order chi connectivity index (χ0) is 24.9. The van der Waals surface area contributed by atoms with Crippen molar-refractivity contribution in [3.8, 4) is 22.6 Å². The second-order valence-corrected chi connectivity index (χ2v) is 9.37. The minimum absolute atomic E-state index is 0.155. The lowest BCUT2D eigenvalue weighted by atomic mass is 10.0. The summed E-state index contributed by atoms with van der Waals surface area (Å²) < 4.78 is 1.97. The summed E-state index contributed by atoms with van der Waals surface area (Å²) in [6.07, 6.45) is 1.80. The zero-order valence-electron chi connectivity index (χ0n) is 19.3. The fourth-order valence-corrected chi connectivity index (χ4v) is 4.84. The average Bonchev–Trinajstić information content (AvgIpc) is 3.30. The molecule has 0 aliphatic heterocycles. The molecule has 0 aliphatic carbocycles. The molecule has 0 spiro atoms. The molecule has 2 aromatic heterocycles. The Morgan fingerprint density at radius 3 is 2.61 bits per heavy atom. The van der Waals surface area contributed by atoms with Crippen LogP contribution in [0.3, 0.4) is 0 Å². The third kappa shape index (κ3) is 5.17. The lowest BCUT2D eigenvalue weighted by Crippen LogP contribution is -2.14. The smallest absolute Gasteiger partial charge is 0.234 e. The van der Waals surface area contributed by atoms with E-state index in [0.717, 1.165) is 27.7 Å². The Morgan fingerprint density at radius 2 is 1.81 bits per heavy atom. The standard InChI is InChI=1S/C28H22ClN5OS/c1-2-15-34-27(32-33-28(34)36-18-26(35)30-21-12-8-11-20(29)16-21)23-17-25(19-9-4-3-5-10-19)31-24-14-7-6-13-22(23)24/h2-14,16-17H,1,15,18H2,(H,30,35). The molecule has 5 aromatic rings. The molecule has 0 fully saturated rings. The van der Waals surface area contributed by atoms with Gasteiger partial charge >= 0.3 is 0 Å². The largest absolute Gasteiger partial charge is 0.325 e. The molecular formula is C28H22ClN5OS. The van der Waals surface area contributed by atoms with Crippen molar-refractivity contribution in [2.24, 2.45) is 0 Å². The summed E-state index contributed by atoms with van der Waals surface area (Å²) in [6.45, 7) is 4.41. The number of rotatable bonds is 8. The van der Waals surface area contributed by atoms with Gasteiger partial charge in [0.1, 0.15) is 0 Å². The van der Waals surface area contributed by atoms with E-state index in [0.29, 0.717) is 28.2 Å². The van der Waals surface area contributed by atoms with E-state index in [4.69, 9.17) is 16.6 Å². The number of aromatic nitrogens is 4. The van der Waals surface area contributed by atoms with Crippen LogP contribution in [0.25, 0.3) is 33.5 Å². The summed E-state index contributed by atoms with van der Waals surface area (Å²) in [5.74, 6) is 0.717. The maximum Gasteiger partial charge on any atom is 0.234 e. The summed E-state index contributed by atoms with van der Waals surface area (Å²) in [5.41, 5.74) is 4.32. The molecule has 5 rings (SSSR count). The molecule has 3 aromatic carbocycles. The predicted octanol–water partition coefficient (Wildman–Crippen LogP) is 6.73. The van der Waals surface area contributed by atoms with E-state index in [1.807, 2.05) is 65.2 Å². The van der Waals surface area contributed by atoms with Crippen molar-refractivity contribution in [3.05, 3.63) is 103 Å². The Bertz CT molecular complexity index is 1550. The molecule has 1 amide bonds. The number of para-hydroxylation sites is 1. The highest BCUT2D eigenvalue weighted by Gasteiger charge is 2.18. The van der Waals surface area contributed by atoms with Gasteiger partial charge in [0.05, 0.1) is 17.0 Å². The van der Waals surface area contributed by atoms with Gasteiger partial charge in [-0.15, -0.1) is 16.8 Å². The molecule has 0 radical (unpaired) electrons. The maximum atomic E-state index is 12.6. The third-order valence-corrected chi connectivity index (χ3v) is 6.70. The van der Waals surface area contributed by atoms with Gasteiger partial charge in [-0.2, -0.15) is 0 Å². The first kappa shape index (κ1) is 23.8. The van der Waals surface area contributed by atoms with Crippen LogP contribution in [0.1, 0.15) is 0 Å². The summed E-state index contributed by atoms with van der Waals surface area (Å²) in [6, 6.07) is 27.1. The lowest BCUT2D eigenvalue weighted by molar-refractivity contribution is -0.113. The lowest BCUT2D eigenvalue weighted by Gasteiger charge is -2.12. The highest BCUT2D eigenvalue weighted by Crippen LogP contribution is 2.33. The first-order valence-electron chi connectivity index (χ1n) is 11.3. The van der Waals surface area contributed by atoms with Crippen LogP contribution in [-0.4, -0.2) is 31.4 Å². The van der Waals surface area contributed by atoms with Gasteiger partial charge in [-0.3, -0.25) is 9.36 Å². The van der Waals surface area contributed by atoms with Crippen molar-refractivity contribution in [1.82, 2.24) is 19.7 Å². The predicted molar refractivity (Wildman–Crippen MR) is 147 cm³/mol. The van der Waals surface area contributed by atoms with Crippen molar-refractivity contribution in [1.29, 1.82) is 0 Å². The number of fused-ring (bicyclic) bond motifs is 1. The molecule has 1 N–H and O–H groups in total. The van der Waals surface area contributed by atoms with Crippen molar-refractivity contribution in [3.63, 3.8) is 0 Å². The highest BCUT2D eigenvalue weighted by atomic mass is 35.5. The normalized spacial score (nSPS) is 10.9. The monoisotopic (exact) mass is 511 g/mol. The van der Waals surface area contributed by atoms with Gasteiger partial charge in [0.15, 0.2) is 11.0 Å². The highest BCUT2D eigenvalue weighted by molar-refractivity contribution is 7.99. The number of benzene rings is 3. The number of hydrogen-bond acceptors (Lipinski definition) is 5. The van der Waals surface area contributed by atoms with Crippen LogP contribution in [0.15, 0.2) is 103 Å². The molecule has 0 atom stereocenters. The van der Waals surface area contributed by atoms with Gasteiger partial charge in [0.25, 0.3) is 0 Å². The quantitative estimate of drug-likeness (QED) is 0.185. The number of anilines is 1. The number of halogens is 1. The number of nitrogens with zero attached hydrogens (tertiary/aromatic N) is 4. The molecular weight excluding hydrogens is 490 g/mol. The van der Waals surface area contributed by atoms with Crippen LogP contribution >= 0.6 is 23.4 Å². The number of carbonyl (C=O) groups excluding carboxylic acids is 1. The number of allylic oxidation sites excluding steroid dienone is 1. The van der Waals surface area contributed by atoms with E-state index in [1.165, 1.54) is 11.8 Å². The van der Waals surface area contributed by atoms with Gasteiger partial charge in [-0.05, 0) is 30.3 Å². The molecule has 6 nitrogen and oxygen atoms in total. The number of pyridine rings is 1. The molecule has 0 unspecified atom stereocenters. The molecule has 2 heterocycles. The Labute approximate surface area is 218 Å². The van der Waals surface area contributed by atoms with Crippen LogP contribution in [0, 0.1) is 0 Å². The maximum absolute atomic E-state index is 12.6. The second kappa shape index (κ2) is 10.8. The minimum Gasteiger partial charge on any atom is -0.325 e. The van der Waals surface area contributed by atoms with Crippen LogP contribution in [-0.2, 0) is 11.3 Å². The Hall–Kier alpha value is -3.94. The Kier molecular flexibility index (Phi) is 7.11. The molecule has 0 saturated heterocycles. The minimum atomic E-state index is -0.155. The first-order chi connectivity index (χ1) is 17.6. The van der Waals surface area contributed by atoms with E-state index in [1.54, 1.807) is 30.3 Å². The van der Waals surface area contributed by atoms with Gasteiger partial charge in [-0.25, -0.2) is 4.98 Å². The fraction of sp³-hybridized carbons (Fsp3) is 0.0714. The molecule has 0 aliphatic rings. The average molecular weight is 512 g/mol. The Morgan fingerprint density at radius 1 is 1.00 bits per heavy atom. The van der Waals surface area contributed by atoms with Crippen molar-refractivity contribution < 1.29 is 4.79 Å². The van der Waals surface area contributed by atoms with E-state index in [9.17, 15) is 4.79 Å². The van der Waals surface area contributed by atoms with Gasteiger partial charge in [0.2, 0.25) is 5.91 Å². The van der Waals surface area contributed by atoms with Gasteiger partial charge < -0.3 is 5.32 Å². The van der Waals surface area contributed by atoms with Crippen LogP contribution in [0.5, 0.6) is 0 Å². The summed E-state index contributed by atoms with van der Waals surface area (Å²) >= 11 is 7.34. The molecule has 0 bridgehead atoms. The van der Waals surface area contributed by atoms with E-state index in [-0.39, 0.29) is 11.7 Å². The van der Waals surface area contributed by atoms with Gasteiger partial charge in [0, 0.05) is 33.8 Å². The summed E-state index contributed by atoms with van der Waals surface area (Å²) in [5, 5.41) is 14.0. The number of thioether (sulfide) groups is 1.